The number of carbonyl (C=O) groups is 1. The van der Waals surface area contributed by atoms with Crippen molar-refractivity contribution in [1.29, 1.82) is 0 Å². The Bertz CT molecular complexity index is 799. The Morgan fingerprint density at radius 3 is 1.84 bits per heavy atom. The van der Waals surface area contributed by atoms with Crippen LogP contribution in [0.5, 0.6) is 0 Å². The van der Waals surface area contributed by atoms with E-state index in [1.54, 1.807) is 6.08 Å². The summed E-state index contributed by atoms with van der Waals surface area (Å²) in [7, 11) is -2.59. The molecule has 0 fully saturated rings. The number of carbonyl (C=O) groups excluding carboxylic acids is 1. The molecule has 0 aliphatic carbocycles. The third-order valence-corrected chi connectivity index (χ3v) is 10.2. The summed E-state index contributed by atoms with van der Waals surface area (Å²) in [6.45, 7) is 16.7. The van der Waals surface area contributed by atoms with E-state index in [-0.39, 0.29) is 11.1 Å². The van der Waals surface area contributed by atoms with Gasteiger partial charge in [0.05, 0.1) is 6.04 Å². The third-order valence-electron chi connectivity index (χ3n) is 5.15. The maximum absolute atomic E-state index is 12.2. The molecule has 1 unspecified atom stereocenters. The van der Waals surface area contributed by atoms with Crippen LogP contribution in [-0.2, 0) is 9.16 Å². The normalized spacial score (nSPS) is 13.4. The first-order valence-electron chi connectivity index (χ1n) is 10.9. The SMILES string of the molecule is C=CC(CCO[Si](c1ccccc1)(c1ccccc1)C(C)(C)C)NC(=O)OC(C)(C)C. The van der Waals surface area contributed by atoms with Crippen LogP contribution < -0.4 is 15.7 Å². The third kappa shape index (κ3) is 6.55. The molecule has 31 heavy (non-hydrogen) atoms. The fourth-order valence-electron chi connectivity index (χ4n) is 3.81. The molecule has 0 spiro atoms. The van der Waals surface area contributed by atoms with Crippen LogP contribution in [0.4, 0.5) is 4.79 Å². The van der Waals surface area contributed by atoms with Gasteiger partial charge >= 0.3 is 6.09 Å². The minimum Gasteiger partial charge on any atom is -0.444 e. The number of alkyl carbamates (subject to hydrolysis) is 1. The smallest absolute Gasteiger partial charge is 0.408 e. The largest absolute Gasteiger partial charge is 0.444 e. The van der Waals surface area contributed by atoms with Crippen LogP contribution in [0.25, 0.3) is 0 Å². The van der Waals surface area contributed by atoms with E-state index in [0.29, 0.717) is 13.0 Å². The van der Waals surface area contributed by atoms with Crippen LogP contribution in [0.1, 0.15) is 48.0 Å². The Hall–Kier alpha value is -2.37. The van der Waals surface area contributed by atoms with E-state index in [1.807, 2.05) is 32.9 Å². The van der Waals surface area contributed by atoms with Crippen molar-refractivity contribution in [1.82, 2.24) is 5.32 Å². The number of benzene rings is 2. The summed E-state index contributed by atoms with van der Waals surface area (Å²) < 4.78 is 12.3. The average Bonchev–Trinajstić information content (AvgIpc) is 2.69. The highest BCUT2D eigenvalue weighted by Gasteiger charge is 2.50. The van der Waals surface area contributed by atoms with Crippen LogP contribution in [0.2, 0.25) is 5.04 Å². The average molecular weight is 440 g/mol. The molecule has 2 rings (SSSR count). The molecule has 4 nitrogen and oxygen atoms in total. The molecule has 2 aromatic carbocycles. The zero-order chi connectivity index (χ0) is 23.1. The number of hydrogen-bond donors (Lipinski definition) is 1. The Balaban J connectivity index is 2.27. The number of amides is 1. The lowest BCUT2D eigenvalue weighted by atomic mass is 10.2. The predicted octanol–water partition coefficient (Wildman–Crippen LogP) is 5.03. The van der Waals surface area contributed by atoms with Gasteiger partial charge in [-0.1, -0.05) is 87.5 Å². The number of hydrogen-bond acceptors (Lipinski definition) is 3. The Kier molecular flexibility index (Phi) is 8.26. The van der Waals surface area contributed by atoms with Gasteiger partial charge in [0.1, 0.15) is 5.60 Å². The van der Waals surface area contributed by atoms with E-state index in [9.17, 15) is 4.79 Å². The maximum atomic E-state index is 12.2. The van der Waals surface area contributed by atoms with Crippen molar-refractivity contribution in [3.63, 3.8) is 0 Å². The van der Waals surface area contributed by atoms with Gasteiger partial charge in [-0.05, 0) is 42.6 Å². The number of nitrogens with one attached hydrogen (secondary N) is 1. The van der Waals surface area contributed by atoms with Gasteiger partial charge < -0.3 is 14.5 Å². The Labute approximate surface area is 188 Å². The van der Waals surface area contributed by atoms with Crippen LogP contribution in [-0.4, -0.2) is 32.7 Å². The van der Waals surface area contributed by atoms with Crippen LogP contribution in [0.3, 0.4) is 0 Å². The fraction of sp³-hybridized carbons (Fsp3) is 0.423. The van der Waals surface area contributed by atoms with Gasteiger partial charge in [0.2, 0.25) is 0 Å². The molecule has 2 aromatic rings. The lowest BCUT2D eigenvalue weighted by molar-refractivity contribution is 0.0509. The van der Waals surface area contributed by atoms with Crippen molar-refractivity contribution in [2.24, 2.45) is 0 Å². The van der Waals surface area contributed by atoms with Gasteiger partial charge in [-0.15, -0.1) is 6.58 Å². The van der Waals surface area contributed by atoms with Crippen molar-refractivity contribution in [2.45, 2.75) is 64.6 Å². The number of rotatable bonds is 8. The van der Waals surface area contributed by atoms with Crippen molar-refractivity contribution in [3.8, 4) is 0 Å². The van der Waals surface area contributed by atoms with Crippen molar-refractivity contribution in [3.05, 3.63) is 73.3 Å². The highest BCUT2D eigenvalue weighted by Crippen LogP contribution is 2.36. The molecule has 0 bridgehead atoms. The molecular formula is C26H37NO3Si. The molecule has 168 valence electrons. The summed E-state index contributed by atoms with van der Waals surface area (Å²) in [5.41, 5.74) is -0.540. The maximum Gasteiger partial charge on any atom is 0.408 e. The van der Waals surface area contributed by atoms with Crippen molar-refractivity contribution >= 4 is 24.8 Å². The molecule has 1 atom stereocenters. The summed E-state index contributed by atoms with van der Waals surface area (Å²) in [5, 5.41) is 5.28. The lowest BCUT2D eigenvalue weighted by Gasteiger charge is -2.43. The van der Waals surface area contributed by atoms with E-state index in [4.69, 9.17) is 9.16 Å². The summed E-state index contributed by atoms with van der Waals surface area (Å²) in [4.78, 5) is 12.2. The molecule has 0 aromatic heterocycles. The zero-order valence-electron chi connectivity index (χ0n) is 19.8. The molecule has 0 saturated heterocycles. The minimum atomic E-state index is -2.59. The fourth-order valence-corrected chi connectivity index (χ4v) is 8.39. The van der Waals surface area contributed by atoms with Crippen LogP contribution >= 0.6 is 0 Å². The van der Waals surface area contributed by atoms with E-state index < -0.39 is 20.0 Å². The predicted molar refractivity (Wildman–Crippen MR) is 132 cm³/mol. The van der Waals surface area contributed by atoms with Gasteiger partial charge in [0.15, 0.2) is 0 Å². The minimum absolute atomic E-state index is 0.0853. The molecule has 5 heteroatoms. The van der Waals surface area contributed by atoms with Gasteiger partial charge in [-0.25, -0.2) is 4.79 Å². The first-order valence-corrected chi connectivity index (χ1v) is 12.8. The molecule has 1 amide bonds. The molecule has 0 saturated carbocycles. The first-order chi connectivity index (χ1) is 14.5. The highest BCUT2D eigenvalue weighted by molar-refractivity contribution is 6.99. The van der Waals surface area contributed by atoms with Gasteiger partial charge in [-0.3, -0.25) is 0 Å². The van der Waals surface area contributed by atoms with Crippen LogP contribution in [0.15, 0.2) is 73.3 Å². The highest BCUT2D eigenvalue weighted by atomic mass is 28.4. The molecule has 0 aliphatic heterocycles. The summed E-state index contributed by atoms with van der Waals surface area (Å²) in [6.07, 6.45) is 1.91. The number of ether oxygens (including phenoxy) is 1. The zero-order valence-corrected chi connectivity index (χ0v) is 20.8. The van der Waals surface area contributed by atoms with Crippen LogP contribution in [0, 0.1) is 0 Å². The van der Waals surface area contributed by atoms with E-state index >= 15 is 0 Å². The molecular weight excluding hydrogens is 402 g/mol. The second-order valence-electron chi connectivity index (χ2n) is 9.79. The quantitative estimate of drug-likeness (QED) is 0.463. The monoisotopic (exact) mass is 439 g/mol. The van der Waals surface area contributed by atoms with Gasteiger partial charge in [0, 0.05) is 6.61 Å². The van der Waals surface area contributed by atoms with E-state index in [0.717, 1.165) is 0 Å². The van der Waals surface area contributed by atoms with E-state index in [2.05, 4.69) is 81.2 Å². The standard InChI is InChI=1S/C26H37NO3Si/c1-8-21(27-24(28)30-25(2,3)4)19-20-29-31(26(5,6)7,22-15-11-9-12-16-22)23-17-13-10-14-18-23/h8-18,21H,1,19-20H2,2-7H3,(H,27,28). The summed E-state index contributed by atoms with van der Waals surface area (Å²) in [5.74, 6) is 0. The van der Waals surface area contributed by atoms with Crippen molar-refractivity contribution in [2.75, 3.05) is 6.61 Å². The lowest BCUT2D eigenvalue weighted by Crippen LogP contribution is -2.66. The molecule has 0 aliphatic rings. The second kappa shape index (κ2) is 10.3. The van der Waals surface area contributed by atoms with Gasteiger partial charge in [-0.2, -0.15) is 0 Å². The summed E-state index contributed by atoms with van der Waals surface area (Å²) in [6, 6.07) is 20.8. The summed E-state index contributed by atoms with van der Waals surface area (Å²) >= 11 is 0. The molecule has 0 radical (unpaired) electrons. The first kappa shape index (κ1) is 24.9. The molecule has 1 N–H and O–H groups in total. The van der Waals surface area contributed by atoms with Gasteiger partial charge in [0.25, 0.3) is 8.32 Å². The topological polar surface area (TPSA) is 47.6 Å². The Morgan fingerprint density at radius 1 is 0.968 bits per heavy atom. The molecule has 0 heterocycles. The van der Waals surface area contributed by atoms with E-state index in [1.165, 1.54) is 10.4 Å². The second-order valence-corrected chi connectivity index (χ2v) is 14.1. The van der Waals surface area contributed by atoms with Crippen molar-refractivity contribution < 1.29 is 14.0 Å². The Morgan fingerprint density at radius 2 is 1.45 bits per heavy atom.